The van der Waals surface area contributed by atoms with Gasteiger partial charge < -0.3 is 36.2 Å². The summed E-state index contributed by atoms with van der Waals surface area (Å²) in [5, 5.41) is 43.9. The average molecular weight is 522 g/mol. The molecule has 38 heavy (non-hydrogen) atoms. The first-order chi connectivity index (χ1) is 18.2. The summed E-state index contributed by atoms with van der Waals surface area (Å²) < 4.78 is 20.5. The van der Waals surface area contributed by atoms with Gasteiger partial charge in [0, 0.05) is 6.54 Å². The number of aromatic nitrogens is 4. The number of carbonyl (C=O) groups is 1. The maximum absolute atomic E-state index is 13.2. The number of imidazole rings is 1. The molecule has 1 aliphatic heterocycles. The third kappa shape index (κ3) is 4.61. The maximum Gasteiger partial charge on any atom is 0.255 e. The summed E-state index contributed by atoms with van der Waals surface area (Å²) in [5.74, 6) is -2.06. The standard InChI is InChI=1S/C25H23FN6O6/c26-14-5-3-12(4-6-14)13-8-15(19(34)16(33)9-13)24(37)28-7-1-2-17-20(35)21(36)25(38-17)32-11-31-18-22(27)29-10-30-23(18)32/h1-6,8-11,17,20-21,25,33-36H,7H2,(H,28,37)(H2,27,29,30)/b2-1+. The number of aliphatic hydroxyl groups excluding tert-OH is 2. The molecule has 1 amide bonds. The Morgan fingerprint density at radius 3 is 2.63 bits per heavy atom. The Labute approximate surface area is 214 Å². The first-order valence-electron chi connectivity index (χ1n) is 11.5. The first-order valence-corrected chi connectivity index (χ1v) is 11.5. The van der Waals surface area contributed by atoms with Crippen molar-refractivity contribution in [1.29, 1.82) is 0 Å². The van der Waals surface area contributed by atoms with E-state index >= 15 is 0 Å². The molecule has 0 spiro atoms. The van der Waals surface area contributed by atoms with Crippen LogP contribution >= 0.6 is 0 Å². The molecule has 7 N–H and O–H groups in total. The van der Waals surface area contributed by atoms with E-state index in [0.717, 1.165) is 0 Å². The Kier molecular flexibility index (Phi) is 6.63. The topological polar surface area (TPSA) is 189 Å². The summed E-state index contributed by atoms with van der Waals surface area (Å²) in [6.07, 6.45) is 1.12. The van der Waals surface area contributed by atoms with Crippen LogP contribution in [0.3, 0.4) is 0 Å². The summed E-state index contributed by atoms with van der Waals surface area (Å²) in [5.41, 5.74) is 7.22. The van der Waals surface area contributed by atoms with Gasteiger partial charge >= 0.3 is 0 Å². The first kappa shape index (κ1) is 25.1. The molecule has 4 unspecified atom stereocenters. The highest BCUT2D eigenvalue weighted by Gasteiger charge is 2.43. The second kappa shape index (κ2) is 10.0. The molecule has 0 saturated carbocycles. The number of aliphatic hydroxyl groups is 2. The largest absolute Gasteiger partial charge is 0.504 e. The van der Waals surface area contributed by atoms with Gasteiger partial charge in [-0.05, 0) is 35.4 Å². The van der Waals surface area contributed by atoms with Crippen molar-refractivity contribution in [3.8, 4) is 22.6 Å². The summed E-state index contributed by atoms with van der Waals surface area (Å²) in [7, 11) is 0. The molecule has 4 aromatic rings. The number of anilines is 1. The second-order valence-electron chi connectivity index (χ2n) is 8.59. The van der Waals surface area contributed by atoms with Gasteiger partial charge in [-0.3, -0.25) is 9.36 Å². The van der Waals surface area contributed by atoms with E-state index in [0.29, 0.717) is 22.3 Å². The molecule has 4 atom stereocenters. The number of hydrogen-bond acceptors (Lipinski definition) is 10. The monoisotopic (exact) mass is 522 g/mol. The van der Waals surface area contributed by atoms with E-state index in [9.17, 15) is 29.6 Å². The highest BCUT2D eigenvalue weighted by atomic mass is 19.1. The zero-order valence-corrected chi connectivity index (χ0v) is 19.6. The van der Waals surface area contributed by atoms with Gasteiger partial charge in [-0.25, -0.2) is 19.3 Å². The number of nitrogens with one attached hydrogen (secondary N) is 1. The van der Waals surface area contributed by atoms with Crippen molar-refractivity contribution in [3.05, 3.63) is 72.6 Å². The van der Waals surface area contributed by atoms with E-state index < -0.39 is 47.8 Å². The highest BCUT2D eigenvalue weighted by Crippen LogP contribution is 2.35. The number of nitrogens with zero attached hydrogens (tertiary/aromatic N) is 4. The quantitative estimate of drug-likeness (QED) is 0.159. The number of amides is 1. The van der Waals surface area contributed by atoms with Crippen LogP contribution in [0.15, 0.2) is 61.2 Å². The molecule has 13 heteroatoms. The molecule has 1 saturated heterocycles. The fourth-order valence-electron chi connectivity index (χ4n) is 4.18. The number of rotatable bonds is 6. The lowest BCUT2D eigenvalue weighted by Crippen LogP contribution is -2.31. The smallest absolute Gasteiger partial charge is 0.255 e. The fraction of sp³-hybridized carbons (Fsp3) is 0.200. The third-order valence-corrected chi connectivity index (χ3v) is 6.15. The van der Waals surface area contributed by atoms with Crippen molar-refractivity contribution in [2.24, 2.45) is 0 Å². The molecule has 2 aromatic carbocycles. The molecule has 2 aromatic heterocycles. The summed E-state index contributed by atoms with van der Waals surface area (Å²) in [4.78, 5) is 24.8. The van der Waals surface area contributed by atoms with E-state index in [1.54, 1.807) is 0 Å². The molecule has 0 aliphatic carbocycles. The van der Waals surface area contributed by atoms with Crippen molar-refractivity contribution in [3.63, 3.8) is 0 Å². The van der Waals surface area contributed by atoms with Crippen LogP contribution < -0.4 is 11.1 Å². The highest BCUT2D eigenvalue weighted by molar-refractivity contribution is 5.99. The fourth-order valence-corrected chi connectivity index (χ4v) is 4.18. The van der Waals surface area contributed by atoms with Gasteiger partial charge in [-0.1, -0.05) is 24.3 Å². The van der Waals surface area contributed by atoms with Gasteiger partial charge in [0.25, 0.3) is 5.91 Å². The molecule has 0 radical (unpaired) electrons. The summed E-state index contributed by atoms with van der Waals surface area (Å²) >= 11 is 0. The molecular formula is C25H23FN6O6. The van der Waals surface area contributed by atoms with E-state index in [2.05, 4.69) is 20.3 Å². The van der Waals surface area contributed by atoms with Crippen LogP contribution in [0.5, 0.6) is 11.5 Å². The van der Waals surface area contributed by atoms with Crippen molar-refractivity contribution < 1.29 is 34.3 Å². The van der Waals surface area contributed by atoms with E-state index in [1.807, 2.05) is 0 Å². The van der Waals surface area contributed by atoms with E-state index in [-0.39, 0.29) is 17.9 Å². The number of benzene rings is 2. The molecule has 1 aliphatic rings. The predicted octanol–water partition coefficient (Wildman–Crippen LogP) is 1.23. The number of fused-ring (bicyclic) bond motifs is 1. The van der Waals surface area contributed by atoms with Gasteiger partial charge in [0.1, 0.15) is 36.0 Å². The molecular weight excluding hydrogens is 499 g/mol. The van der Waals surface area contributed by atoms with Gasteiger partial charge in [0.15, 0.2) is 29.2 Å². The number of phenols is 2. The van der Waals surface area contributed by atoms with Gasteiger partial charge in [0.2, 0.25) is 0 Å². The van der Waals surface area contributed by atoms with Crippen LogP contribution in [0.1, 0.15) is 16.6 Å². The molecule has 12 nitrogen and oxygen atoms in total. The molecule has 0 bridgehead atoms. The maximum atomic E-state index is 13.2. The minimum Gasteiger partial charge on any atom is -0.504 e. The number of phenolic OH excluding ortho intramolecular Hbond substituents is 2. The average Bonchev–Trinajstić information content (AvgIpc) is 3.45. The summed E-state index contributed by atoms with van der Waals surface area (Å²) in [6, 6.07) is 8.08. The zero-order chi connectivity index (χ0) is 27.0. The van der Waals surface area contributed by atoms with Gasteiger partial charge in [-0.2, -0.15) is 0 Å². The Hall–Kier alpha value is -4.59. The molecule has 3 heterocycles. The van der Waals surface area contributed by atoms with Crippen LogP contribution in [0, 0.1) is 5.82 Å². The van der Waals surface area contributed by atoms with Crippen LogP contribution in [0.2, 0.25) is 0 Å². The lowest BCUT2D eigenvalue weighted by molar-refractivity contribution is -0.0245. The minimum absolute atomic E-state index is 0.0229. The number of nitrogen functional groups attached to an aromatic ring is 1. The minimum atomic E-state index is -1.30. The molecule has 1 fully saturated rings. The number of halogens is 1. The Morgan fingerprint density at radius 2 is 1.87 bits per heavy atom. The summed E-state index contributed by atoms with van der Waals surface area (Å²) in [6.45, 7) is -0.0229. The van der Waals surface area contributed by atoms with Crippen molar-refractivity contribution in [2.45, 2.75) is 24.5 Å². The lowest BCUT2D eigenvalue weighted by Gasteiger charge is -2.16. The number of hydrogen-bond donors (Lipinski definition) is 6. The second-order valence-corrected chi connectivity index (χ2v) is 8.59. The van der Waals surface area contributed by atoms with Crippen LogP contribution in [-0.2, 0) is 4.74 Å². The normalized spacial score (nSPS) is 21.3. The third-order valence-electron chi connectivity index (χ3n) is 6.15. The number of ether oxygens (including phenoxy) is 1. The predicted molar refractivity (Wildman–Crippen MR) is 132 cm³/mol. The van der Waals surface area contributed by atoms with Gasteiger partial charge in [0.05, 0.1) is 11.9 Å². The number of carbonyl (C=O) groups excluding carboxylic acids is 1. The Balaban J connectivity index is 1.25. The number of aromatic hydroxyl groups is 2. The zero-order valence-electron chi connectivity index (χ0n) is 19.6. The molecule has 5 rings (SSSR count). The van der Waals surface area contributed by atoms with Crippen LogP contribution in [0.25, 0.3) is 22.3 Å². The Morgan fingerprint density at radius 1 is 1.11 bits per heavy atom. The van der Waals surface area contributed by atoms with Crippen molar-refractivity contribution >= 4 is 22.9 Å². The van der Waals surface area contributed by atoms with E-state index in [1.165, 1.54) is 65.8 Å². The van der Waals surface area contributed by atoms with Gasteiger partial charge in [-0.15, -0.1) is 0 Å². The van der Waals surface area contributed by atoms with Crippen molar-refractivity contribution in [2.75, 3.05) is 12.3 Å². The SMILES string of the molecule is Nc1ncnc2c1ncn2C1OC(/C=C/CNC(=O)c2cc(-c3ccc(F)cc3)cc(O)c2O)C(O)C1O. The lowest BCUT2D eigenvalue weighted by atomic mass is 10.0. The van der Waals surface area contributed by atoms with E-state index in [4.69, 9.17) is 10.5 Å². The van der Waals surface area contributed by atoms with Crippen LogP contribution in [0.4, 0.5) is 10.2 Å². The van der Waals surface area contributed by atoms with Crippen molar-refractivity contribution in [1.82, 2.24) is 24.8 Å². The number of nitrogens with two attached hydrogens (primary N) is 1. The Bertz CT molecular complexity index is 1530. The van der Waals surface area contributed by atoms with Crippen LogP contribution in [-0.4, -0.2) is 70.7 Å². The molecule has 196 valence electrons.